The van der Waals surface area contributed by atoms with Crippen LogP contribution in [-0.2, 0) is 10.0 Å². The van der Waals surface area contributed by atoms with Crippen molar-refractivity contribution in [1.29, 1.82) is 0 Å². The van der Waals surface area contributed by atoms with Crippen molar-refractivity contribution in [3.8, 4) is 17.1 Å². The predicted octanol–water partition coefficient (Wildman–Crippen LogP) is 4.29. The van der Waals surface area contributed by atoms with Gasteiger partial charge in [0.05, 0.1) is 17.9 Å². The first kappa shape index (κ1) is 25.9. The Kier molecular flexibility index (Phi) is 6.72. The lowest BCUT2D eigenvalue weighted by Gasteiger charge is -2.29. The van der Waals surface area contributed by atoms with Gasteiger partial charge in [-0.2, -0.15) is 8.42 Å². The molecule has 38 heavy (non-hydrogen) atoms. The summed E-state index contributed by atoms with van der Waals surface area (Å²) in [6.07, 6.45) is 5.91. The minimum Gasteiger partial charge on any atom is -0.477 e. The molecular formula is C27H36N6O4S. The van der Waals surface area contributed by atoms with Crippen LogP contribution in [0.1, 0.15) is 59.7 Å². The fraction of sp³-hybridized carbons (Fsp3) is 0.407. The molecule has 1 amide bonds. The van der Waals surface area contributed by atoms with Crippen molar-refractivity contribution in [2.24, 2.45) is 5.41 Å². The summed E-state index contributed by atoms with van der Waals surface area (Å²) in [7, 11) is -4.24. The molecule has 1 aliphatic carbocycles. The van der Waals surface area contributed by atoms with E-state index in [1.165, 1.54) is 31.0 Å². The second kappa shape index (κ2) is 9.86. The number of aromatic nitrogens is 3. The summed E-state index contributed by atoms with van der Waals surface area (Å²) in [6.45, 7) is 6.98. The van der Waals surface area contributed by atoms with E-state index in [0.29, 0.717) is 24.0 Å². The summed E-state index contributed by atoms with van der Waals surface area (Å²) in [5, 5.41) is -0.330. The highest BCUT2D eigenvalue weighted by atomic mass is 32.2. The average Bonchev–Trinajstić information content (AvgIpc) is 3.54. The number of nitrogens with one attached hydrogen (secondary N) is 1. The number of amides is 1. The van der Waals surface area contributed by atoms with Gasteiger partial charge in [0.2, 0.25) is 5.88 Å². The SMILES string of the molecule is C[C@@H]1CC[C@H](C)N1c1nc(-c2ccc(OCC3(C)CC3)nc2)ccc1C(=O)NS(=O)(=O)c1cccc(N)n1.[HH].[HH]. The number of carbonyl (C=O) groups is 1. The van der Waals surface area contributed by atoms with Crippen molar-refractivity contribution in [3.05, 3.63) is 54.2 Å². The molecule has 3 aromatic heterocycles. The number of carbonyl (C=O) groups excluding carboxylic acids is 1. The van der Waals surface area contributed by atoms with E-state index in [0.717, 1.165) is 18.4 Å². The highest BCUT2D eigenvalue weighted by Crippen LogP contribution is 2.45. The molecule has 5 rings (SSSR count). The number of nitrogens with two attached hydrogens (primary N) is 1. The Labute approximate surface area is 225 Å². The number of sulfonamides is 1. The lowest BCUT2D eigenvalue weighted by Crippen LogP contribution is -2.37. The Morgan fingerprint density at radius 2 is 1.87 bits per heavy atom. The Morgan fingerprint density at radius 3 is 2.50 bits per heavy atom. The smallest absolute Gasteiger partial charge is 0.281 e. The van der Waals surface area contributed by atoms with E-state index in [4.69, 9.17) is 15.5 Å². The number of ether oxygens (including phenoxy) is 1. The minimum absolute atomic E-state index is 0. The molecule has 3 aromatic rings. The van der Waals surface area contributed by atoms with Gasteiger partial charge in [-0.1, -0.05) is 13.0 Å². The Hall–Kier alpha value is -3.73. The van der Waals surface area contributed by atoms with Gasteiger partial charge < -0.3 is 15.4 Å². The monoisotopic (exact) mass is 540 g/mol. The lowest BCUT2D eigenvalue weighted by molar-refractivity contribution is 0.0981. The van der Waals surface area contributed by atoms with Crippen LogP contribution in [0, 0.1) is 5.41 Å². The van der Waals surface area contributed by atoms with Crippen molar-refractivity contribution in [3.63, 3.8) is 0 Å². The summed E-state index contributed by atoms with van der Waals surface area (Å²) in [4.78, 5) is 28.5. The first-order valence-corrected chi connectivity index (χ1v) is 14.2. The molecule has 4 heterocycles. The van der Waals surface area contributed by atoms with Gasteiger partial charge in [0.1, 0.15) is 11.6 Å². The number of nitrogen functional groups attached to an aromatic ring is 1. The number of anilines is 2. The summed E-state index contributed by atoms with van der Waals surface area (Å²) in [6, 6.07) is 11.5. The molecular weight excluding hydrogens is 504 g/mol. The standard InChI is InChI=1S/C27H32N6O4S.2H2/c1-17-7-8-18(2)33(17)25-20(26(34)32-38(35,36)24-6-4-5-22(28)31-24)10-11-21(30-25)19-9-12-23(29-15-19)37-16-27(3)13-14-27;;/h4-6,9-12,15,17-18H,7-8,13-14,16H2,1-3H3,(H2,28,31)(H,32,34);2*1H/t17-,18+;;. The van der Waals surface area contributed by atoms with Crippen LogP contribution in [0.3, 0.4) is 0 Å². The van der Waals surface area contributed by atoms with Crippen LogP contribution in [0.5, 0.6) is 5.88 Å². The van der Waals surface area contributed by atoms with Crippen LogP contribution < -0.4 is 20.1 Å². The first-order valence-electron chi connectivity index (χ1n) is 12.7. The molecule has 1 saturated heterocycles. The van der Waals surface area contributed by atoms with Gasteiger partial charge in [-0.15, -0.1) is 0 Å². The maximum atomic E-state index is 13.3. The molecule has 0 spiro atoms. The molecule has 1 saturated carbocycles. The summed E-state index contributed by atoms with van der Waals surface area (Å²) in [5.74, 6) is 0.235. The maximum absolute atomic E-state index is 13.3. The van der Waals surface area contributed by atoms with Gasteiger partial charge in [-0.25, -0.2) is 19.7 Å². The lowest BCUT2D eigenvalue weighted by atomic mass is 10.1. The quantitative estimate of drug-likeness (QED) is 0.428. The van der Waals surface area contributed by atoms with Crippen molar-refractivity contribution in [2.45, 2.75) is 63.6 Å². The highest BCUT2D eigenvalue weighted by Gasteiger charge is 2.38. The van der Waals surface area contributed by atoms with Gasteiger partial charge in [0.15, 0.2) is 5.03 Å². The van der Waals surface area contributed by atoms with Crippen molar-refractivity contribution < 1.29 is 20.8 Å². The molecule has 0 bridgehead atoms. The third kappa shape index (κ3) is 5.42. The van der Waals surface area contributed by atoms with Crippen LogP contribution in [0.25, 0.3) is 11.3 Å². The van der Waals surface area contributed by atoms with Crippen molar-refractivity contribution in [1.82, 2.24) is 19.7 Å². The Morgan fingerprint density at radius 1 is 1.13 bits per heavy atom. The zero-order chi connectivity index (χ0) is 27.1. The predicted molar refractivity (Wildman–Crippen MR) is 148 cm³/mol. The molecule has 204 valence electrons. The van der Waals surface area contributed by atoms with Gasteiger partial charge in [-0.3, -0.25) is 4.79 Å². The third-order valence-electron chi connectivity index (χ3n) is 7.27. The molecule has 10 nitrogen and oxygen atoms in total. The van der Waals surface area contributed by atoms with E-state index in [-0.39, 0.29) is 36.8 Å². The van der Waals surface area contributed by atoms with Gasteiger partial charge in [0, 0.05) is 38.2 Å². The largest absolute Gasteiger partial charge is 0.477 e. The van der Waals surface area contributed by atoms with E-state index in [9.17, 15) is 13.2 Å². The van der Waals surface area contributed by atoms with Crippen LogP contribution in [-0.4, -0.2) is 48.0 Å². The molecule has 1 aliphatic heterocycles. The normalized spacial score (nSPS) is 20.2. The van der Waals surface area contributed by atoms with Crippen molar-refractivity contribution >= 4 is 27.6 Å². The van der Waals surface area contributed by atoms with Crippen LogP contribution >= 0.6 is 0 Å². The molecule has 0 aromatic carbocycles. The molecule has 0 radical (unpaired) electrons. The van der Waals surface area contributed by atoms with Gasteiger partial charge >= 0.3 is 0 Å². The van der Waals surface area contributed by atoms with E-state index >= 15 is 0 Å². The number of pyridine rings is 3. The summed E-state index contributed by atoms with van der Waals surface area (Å²) >= 11 is 0. The molecule has 11 heteroatoms. The molecule has 3 N–H and O–H groups in total. The number of rotatable bonds is 8. The zero-order valence-electron chi connectivity index (χ0n) is 21.7. The molecule has 2 atom stereocenters. The second-order valence-corrected chi connectivity index (χ2v) is 12.2. The summed E-state index contributed by atoms with van der Waals surface area (Å²) < 4.78 is 33.7. The van der Waals surface area contributed by atoms with Gasteiger partial charge in [-0.05, 0) is 69.9 Å². The molecule has 2 aliphatic rings. The topological polar surface area (TPSA) is 140 Å². The maximum Gasteiger partial charge on any atom is 0.281 e. The Bertz CT molecular complexity index is 1460. The first-order chi connectivity index (χ1) is 18.0. The number of hydrogen-bond acceptors (Lipinski definition) is 9. The Balaban J connectivity index is 0.00000220. The van der Waals surface area contributed by atoms with Crippen LogP contribution in [0.15, 0.2) is 53.7 Å². The zero-order valence-corrected chi connectivity index (χ0v) is 22.5. The van der Waals surface area contributed by atoms with E-state index in [2.05, 4.69) is 40.4 Å². The third-order valence-corrected chi connectivity index (χ3v) is 8.50. The van der Waals surface area contributed by atoms with Crippen molar-refractivity contribution in [2.75, 3.05) is 17.2 Å². The van der Waals surface area contributed by atoms with E-state index in [1.54, 1.807) is 18.3 Å². The van der Waals surface area contributed by atoms with Crippen LogP contribution in [0.4, 0.5) is 11.6 Å². The highest BCUT2D eigenvalue weighted by molar-refractivity contribution is 7.90. The minimum atomic E-state index is -4.24. The second-order valence-electron chi connectivity index (χ2n) is 10.6. The molecule has 2 fully saturated rings. The fourth-order valence-corrected chi connectivity index (χ4v) is 5.57. The fourth-order valence-electron chi connectivity index (χ4n) is 4.63. The number of nitrogens with zero attached hydrogens (tertiary/aromatic N) is 4. The van der Waals surface area contributed by atoms with Gasteiger partial charge in [0.25, 0.3) is 15.9 Å². The van der Waals surface area contributed by atoms with E-state index < -0.39 is 15.9 Å². The van der Waals surface area contributed by atoms with E-state index in [1.807, 2.05) is 12.1 Å². The number of hydrogen-bond donors (Lipinski definition) is 2. The van der Waals surface area contributed by atoms with Crippen LogP contribution in [0.2, 0.25) is 0 Å². The average molecular weight is 541 g/mol. The molecule has 0 unspecified atom stereocenters. The summed E-state index contributed by atoms with van der Waals surface area (Å²) in [5.41, 5.74) is 7.44.